The summed E-state index contributed by atoms with van der Waals surface area (Å²) in [5.41, 5.74) is 2.15. The van der Waals surface area contributed by atoms with Crippen LogP contribution in [0.1, 0.15) is 24.3 Å². The van der Waals surface area contributed by atoms with E-state index in [1.54, 1.807) is 0 Å². The minimum Gasteiger partial charge on any atom is -0.451 e. The molecule has 1 heterocycles. The lowest BCUT2D eigenvalue weighted by Crippen LogP contribution is -2.21. The normalized spacial score (nSPS) is 10.2. The molecule has 1 aromatic carbocycles. The van der Waals surface area contributed by atoms with Crippen molar-refractivity contribution in [3.05, 3.63) is 42.6 Å². The Morgan fingerprint density at radius 3 is 2.47 bits per heavy atom. The van der Waals surface area contributed by atoms with Crippen LogP contribution >= 0.6 is 0 Å². The molecular formula is C14H17N3O2. The molecule has 0 atom stereocenters. The molecule has 1 amide bonds. The van der Waals surface area contributed by atoms with Crippen molar-refractivity contribution in [1.29, 1.82) is 0 Å². The summed E-state index contributed by atoms with van der Waals surface area (Å²) in [5.74, 6) is -0.274. The van der Waals surface area contributed by atoms with E-state index in [-0.39, 0.29) is 11.6 Å². The summed E-state index contributed by atoms with van der Waals surface area (Å²) in [6.45, 7) is 6.15. The second-order valence-electron chi connectivity index (χ2n) is 4.05. The van der Waals surface area contributed by atoms with Gasteiger partial charge in [0.2, 0.25) is 0 Å². The van der Waals surface area contributed by atoms with Gasteiger partial charge in [0, 0.05) is 24.5 Å². The highest BCUT2D eigenvalue weighted by Crippen LogP contribution is 2.18. The summed E-state index contributed by atoms with van der Waals surface area (Å²) in [6.07, 6.45) is 2.55. The van der Waals surface area contributed by atoms with E-state index in [1.807, 2.05) is 24.3 Å². The first-order valence-electron chi connectivity index (χ1n) is 6.29. The van der Waals surface area contributed by atoms with E-state index in [4.69, 9.17) is 4.42 Å². The molecule has 5 heteroatoms. The Morgan fingerprint density at radius 2 is 1.95 bits per heavy atom. The maximum Gasteiger partial charge on any atom is 0.277 e. The number of carbonyl (C=O) groups excluding carboxylic acids is 1. The third-order valence-corrected chi connectivity index (χ3v) is 2.92. The van der Waals surface area contributed by atoms with Gasteiger partial charge in [-0.15, -0.1) is 0 Å². The van der Waals surface area contributed by atoms with Gasteiger partial charge in [-0.1, -0.05) is 0 Å². The van der Waals surface area contributed by atoms with Crippen molar-refractivity contribution in [2.45, 2.75) is 13.8 Å². The van der Waals surface area contributed by atoms with E-state index in [2.05, 4.69) is 29.0 Å². The minimum atomic E-state index is -0.274. The van der Waals surface area contributed by atoms with Crippen molar-refractivity contribution in [1.82, 2.24) is 4.98 Å². The standard InChI is InChI=1S/C14H17N3O2/c1-3-17(4-2)12-7-5-11(6-8-12)16-14(18)13-9-19-10-15-13/h5-10H,3-4H2,1-2H3,(H,16,18). The third-order valence-electron chi connectivity index (χ3n) is 2.92. The summed E-state index contributed by atoms with van der Waals surface area (Å²) in [5, 5.41) is 2.77. The number of nitrogens with zero attached hydrogens (tertiary/aromatic N) is 2. The van der Waals surface area contributed by atoms with Crippen molar-refractivity contribution < 1.29 is 9.21 Å². The highest BCUT2D eigenvalue weighted by molar-refractivity contribution is 6.02. The molecule has 0 aliphatic rings. The van der Waals surface area contributed by atoms with Crippen LogP contribution in [0.4, 0.5) is 11.4 Å². The average Bonchev–Trinajstić information content (AvgIpc) is 2.96. The number of amides is 1. The van der Waals surface area contributed by atoms with Crippen LogP contribution in [0.25, 0.3) is 0 Å². The van der Waals surface area contributed by atoms with Gasteiger partial charge >= 0.3 is 0 Å². The van der Waals surface area contributed by atoms with Crippen molar-refractivity contribution in [3.8, 4) is 0 Å². The van der Waals surface area contributed by atoms with Crippen LogP contribution in [0.3, 0.4) is 0 Å². The fourth-order valence-corrected chi connectivity index (χ4v) is 1.86. The summed E-state index contributed by atoms with van der Waals surface area (Å²) in [7, 11) is 0. The van der Waals surface area contributed by atoms with Gasteiger partial charge in [0.1, 0.15) is 6.26 Å². The number of oxazole rings is 1. The minimum absolute atomic E-state index is 0.271. The summed E-state index contributed by atoms with van der Waals surface area (Å²) in [6, 6.07) is 7.74. The lowest BCUT2D eigenvalue weighted by molar-refractivity contribution is 0.102. The molecule has 2 aromatic rings. The Kier molecular flexibility index (Phi) is 4.18. The van der Waals surface area contributed by atoms with Gasteiger partial charge < -0.3 is 14.6 Å². The first kappa shape index (κ1) is 13.1. The molecule has 0 fully saturated rings. The van der Waals surface area contributed by atoms with Gasteiger partial charge in [-0.2, -0.15) is 0 Å². The van der Waals surface area contributed by atoms with Crippen molar-refractivity contribution in [2.24, 2.45) is 0 Å². The molecule has 0 aliphatic heterocycles. The number of benzene rings is 1. The lowest BCUT2D eigenvalue weighted by atomic mass is 10.2. The number of carbonyl (C=O) groups is 1. The molecule has 0 saturated heterocycles. The second kappa shape index (κ2) is 6.04. The number of anilines is 2. The zero-order chi connectivity index (χ0) is 13.7. The molecule has 0 saturated carbocycles. The predicted octanol–water partition coefficient (Wildman–Crippen LogP) is 2.77. The molecule has 5 nitrogen and oxygen atoms in total. The quantitative estimate of drug-likeness (QED) is 0.897. The topological polar surface area (TPSA) is 58.4 Å². The monoisotopic (exact) mass is 259 g/mol. The van der Waals surface area contributed by atoms with E-state index in [9.17, 15) is 4.79 Å². The van der Waals surface area contributed by atoms with Gasteiger partial charge in [0.05, 0.1) is 0 Å². The molecule has 0 aliphatic carbocycles. The molecular weight excluding hydrogens is 242 g/mol. The van der Waals surface area contributed by atoms with Crippen LogP contribution in [0.15, 0.2) is 41.3 Å². The maximum absolute atomic E-state index is 11.8. The van der Waals surface area contributed by atoms with E-state index < -0.39 is 0 Å². The molecule has 2 rings (SSSR count). The lowest BCUT2D eigenvalue weighted by Gasteiger charge is -2.21. The number of hydrogen-bond acceptors (Lipinski definition) is 4. The zero-order valence-corrected chi connectivity index (χ0v) is 11.1. The molecule has 0 bridgehead atoms. The number of aromatic nitrogens is 1. The SMILES string of the molecule is CCN(CC)c1ccc(NC(=O)c2cocn2)cc1. The van der Waals surface area contributed by atoms with Crippen molar-refractivity contribution in [2.75, 3.05) is 23.3 Å². The highest BCUT2D eigenvalue weighted by Gasteiger charge is 2.09. The van der Waals surface area contributed by atoms with Crippen molar-refractivity contribution >= 4 is 17.3 Å². The first-order valence-corrected chi connectivity index (χ1v) is 6.29. The van der Waals surface area contributed by atoms with Gasteiger partial charge in [-0.3, -0.25) is 4.79 Å². The average molecular weight is 259 g/mol. The van der Waals surface area contributed by atoms with E-state index in [0.29, 0.717) is 0 Å². The maximum atomic E-state index is 11.8. The number of hydrogen-bond donors (Lipinski definition) is 1. The zero-order valence-electron chi connectivity index (χ0n) is 11.1. The molecule has 0 spiro atoms. The molecule has 100 valence electrons. The van der Waals surface area contributed by atoms with E-state index in [0.717, 1.165) is 24.5 Å². The Balaban J connectivity index is 2.05. The Labute approximate surface area is 112 Å². The molecule has 19 heavy (non-hydrogen) atoms. The van der Waals surface area contributed by atoms with Gasteiger partial charge in [-0.05, 0) is 38.1 Å². The van der Waals surface area contributed by atoms with Crippen LogP contribution in [-0.2, 0) is 0 Å². The largest absolute Gasteiger partial charge is 0.451 e. The smallest absolute Gasteiger partial charge is 0.277 e. The molecule has 1 N–H and O–H groups in total. The van der Waals surface area contributed by atoms with Crippen LogP contribution < -0.4 is 10.2 Å². The Hall–Kier alpha value is -2.30. The molecule has 0 radical (unpaired) electrons. The summed E-state index contributed by atoms with van der Waals surface area (Å²) in [4.78, 5) is 17.8. The number of rotatable bonds is 5. The van der Waals surface area contributed by atoms with Gasteiger partial charge in [0.15, 0.2) is 12.1 Å². The summed E-state index contributed by atoms with van der Waals surface area (Å²) >= 11 is 0. The predicted molar refractivity (Wildman–Crippen MR) is 74.5 cm³/mol. The van der Waals surface area contributed by atoms with Crippen LogP contribution in [0, 0.1) is 0 Å². The van der Waals surface area contributed by atoms with Gasteiger partial charge in [0.25, 0.3) is 5.91 Å². The molecule has 1 aromatic heterocycles. The van der Waals surface area contributed by atoms with Crippen molar-refractivity contribution in [3.63, 3.8) is 0 Å². The number of nitrogens with one attached hydrogen (secondary N) is 1. The van der Waals surface area contributed by atoms with Crippen LogP contribution in [0.5, 0.6) is 0 Å². The molecule has 0 unspecified atom stereocenters. The van der Waals surface area contributed by atoms with Gasteiger partial charge in [-0.25, -0.2) is 4.98 Å². The second-order valence-corrected chi connectivity index (χ2v) is 4.05. The first-order chi connectivity index (χ1) is 9.24. The Morgan fingerprint density at radius 1 is 1.26 bits per heavy atom. The van der Waals surface area contributed by atoms with Crippen LogP contribution in [0.2, 0.25) is 0 Å². The summed E-state index contributed by atoms with van der Waals surface area (Å²) < 4.78 is 4.77. The third kappa shape index (κ3) is 3.13. The van der Waals surface area contributed by atoms with E-state index >= 15 is 0 Å². The fraction of sp³-hybridized carbons (Fsp3) is 0.286. The fourth-order valence-electron chi connectivity index (χ4n) is 1.86. The van der Waals surface area contributed by atoms with Crippen LogP contribution in [-0.4, -0.2) is 24.0 Å². The van der Waals surface area contributed by atoms with E-state index in [1.165, 1.54) is 12.7 Å². The highest BCUT2D eigenvalue weighted by atomic mass is 16.3. The Bertz CT molecular complexity index is 516.